The molecule has 0 heterocycles. The van der Waals surface area contributed by atoms with Gasteiger partial charge < -0.3 is 10.8 Å². The summed E-state index contributed by atoms with van der Waals surface area (Å²) in [5.41, 5.74) is 5.48. The lowest BCUT2D eigenvalue weighted by Gasteiger charge is -2.11. The van der Waals surface area contributed by atoms with E-state index in [0.717, 1.165) is 12.1 Å². The smallest absolute Gasteiger partial charge is 0.337 e. The number of benzene rings is 2. The van der Waals surface area contributed by atoms with Gasteiger partial charge in [-0.2, -0.15) is 0 Å². The molecular formula is C13H11ClN2O4S. The minimum Gasteiger partial charge on any atom is -0.478 e. The average molecular weight is 327 g/mol. The van der Waals surface area contributed by atoms with Crippen molar-refractivity contribution in [3.8, 4) is 0 Å². The molecule has 0 aliphatic rings. The van der Waals surface area contributed by atoms with Crippen molar-refractivity contribution in [2.75, 3.05) is 10.5 Å². The number of halogens is 1. The molecule has 21 heavy (non-hydrogen) atoms. The van der Waals surface area contributed by atoms with Crippen molar-refractivity contribution in [2.24, 2.45) is 0 Å². The van der Waals surface area contributed by atoms with Crippen LogP contribution < -0.4 is 10.5 Å². The zero-order chi connectivity index (χ0) is 15.6. The number of rotatable bonds is 4. The molecule has 110 valence electrons. The van der Waals surface area contributed by atoms with Crippen molar-refractivity contribution in [3.05, 3.63) is 53.1 Å². The summed E-state index contributed by atoms with van der Waals surface area (Å²) in [5.74, 6) is -1.38. The van der Waals surface area contributed by atoms with Gasteiger partial charge in [0.05, 0.1) is 11.3 Å². The number of hydrogen-bond donors (Lipinski definition) is 3. The fourth-order valence-electron chi connectivity index (χ4n) is 1.71. The van der Waals surface area contributed by atoms with Crippen molar-refractivity contribution in [1.82, 2.24) is 0 Å². The predicted molar refractivity (Wildman–Crippen MR) is 80.1 cm³/mol. The minimum absolute atomic E-state index is 0.161. The zero-order valence-electron chi connectivity index (χ0n) is 10.6. The van der Waals surface area contributed by atoms with E-state index in [4.69, 9.17) is 22.4 Å². The molecule has 0 radical (unpaired) electrons. The number of aromatic carboxylic acids is 1. The quantitative estimate of drug-likeness (QED) is 0.747. The fourth-order valence-corrected chi connectivity index (χ4v) is 3.13. The Hall–Kier alpha value is -2.25. The SMILES string of the molecule is Nc1ccc(S(=O)(=O)Nc2cccc(Cl)c2)c(C(=O)O)c1. The second-order valence-electron chi connectivity index (χ2n) is 4.18. The van der Waals surface area contributed by atoms with Crippen LogP contribution in [0.3, 0.4) is 0 Å². The molecule has 0 fully saturated rings. The predicted octanol–water partition coefficient (Wildman–Crippen LogP) is 2.42. The fraction of sp³-hybridized carbons (Fsp3) is 0. The van der Waals surface area contributed by atoms with Crippen LogP contribution in [0.4, 0.5) is 11.4 Å². The lowest BCUT2D eigenvalue weighted by molar-refractivity contribution is 0.0692. The number of hydrogen-bond acceptors (Lipinski definition) is 4. The standard InChI is InChI=1S/C13H11ClN2O4S/c14-8-2-1-3-10(6-8)16-21(19,20)12-5-4-9(15)7-11(12)13(17)18/h1-7,16H,15H2,(H,17,18). The highest BCUT2D eigenvalue weighted by atomic mass is 35.5. The van der Waals surface area contributed by atoms with E-state index >= 15 is 0 Å². The lowest BCUT2D eigenvalue weighted by Crippen LogP contribution is -2.17. The normalized spacial score (nSPS) is 11.1. The van der Waals surface area contributed by atoms with Gasteiger partial charge in [0.15, 0.2) is 0 Å². The van der Waals surface area contributed by atoms with Gasteiger partial charge in [0.1, 0.15) is 4.90 Å². The van der Waals surface area contributed by atoms with Crippen molar-refractivity contribution < 1.29 is 18.3 Å². The molecule has 0 aliphatic heterocycles. The zero-order valence-corrected chi connectivity index (χ0v) is 12.1. The van der Waals surface area contributed by atoms with Crippen LogP contribution in [0.5, 0.6) is 0 Å². The lowest BCUT2D eigenvalue weighted by atomic mass is 10.2. The van der Waals surface area contributed by atoms with Gasteiger partial charge >= 0.3 is 5.97 Å². The Morgan fingerprint density at radius 1 is 1.19 bits per heavy atom. The Labute approximate surface area is 126 Å². The Balaban J connectivity index is 2.47. The molecular weight excluding hydrogens is 316 g/mol. The maximum atomic E-state index is 12.3. The number of carboxylic acid groups (broad SMARTS) is 1. The molecule has 2 aromatic rings. The van der Waals surface area contributed by atoms with Gasteiger partial charge in [-0.25, -0.2) is 13.2 Å². The molecule has 0 bridgehead atoms. The van der Waals surface area contributed by atoms with Gasteiger partial charge in [0.2, 0.25) is 0 Å². The van der Waals surface area contributed by atoms with Crippen LogP contribution in [0.1, 0.15) is 10.4 Å². The first-order valence-corrected chi connectivity index (χ1v) is 7.57. The number of nitrogens with two attached hydrogens (primary N) is 1. The summed E-state index contributed by atoms with van der Waals surface area (Å²) in [5, 5.41) is 9.45. The van der Waals surface area contributed by atoms with E-state index in [2.05, 4.69) is 4.72 Å². The second-order valence-corrected chi connectivity index (χ2v) is 6.26. The first kappa shape index (κ1) is 15.1. The Morgan fingerprint density at radius 2 is 1.90 bits per heavy atom. The van der Waals surface area contributed by atoms with Crippen molar-refractivity contribution in [2.45, 2.75) is 4.90 Å². The van der Waals surface area contributed by atoms with E-state index in [-0.39, 0.29) is 16.3 Å². The van der Waals surface area contributed by atoms with Crippen molar-refractivity contribution in [3.63, 3.8) is 0 Å². The molecule has 0 aliphatic carbocycles. The monoisotopic (exact) mass is 326 g/mol. The van der Waals surface area contributed by atoms with E-state index in [0.29, 0.717) is 5.02 Å². The third-order valence-electron chi connectivity index (χ3n) is 2.60. The Kier molecular flexibility index (Phi) is 4.06. The second kappa shape index (κ2) is 5.63. The molecule has 8 heteroatoms. The molecule has 0 saturated carbocycles. The average Bonchev–Trinajstić information content (AvgIpc) is 2.37. The van der Waals surface area contributed by atoms with E-state index in [1.807, 2.05) is 0 Å². The van der Waals surface area contributed by atoms with Crippen LogP contribution in [0.2, 0.25) is 5.02 Å². The number of nitrogens with one attached hydrogen (secondary N) is 1. The van der Waals surface area contributed by atoms with Crippen LogP contribution in [0.25, 0.3) is 0 Å². The highest BCUT2D eigenvalue weighted by Crippen LogP contribution is 2.23. The molecule has 0 atom stereocenters. The summed E-state index contributed by atoms with van der Waals surface area (Å²) >= 11 is 5.78. The van der Waals surface area contributed by atoms with Gasteiger partial charge in [-0.15, -0.1) is 0 Å². The molecule has 0 aromatic heterocycles. The van der Waals surface area contributed by atoms with E-state index in [1.54, 1.807) is 12.1 Å². The molecule has 6 nitrogen and oxygen atoms in total. The molecule has 0 spiro atoms. The molecule has 0 amide bonds. The summed E-state index contributed by atoms with van der Waals surface area (Å²) in [4.78, 5) is 10.8. The van der Waals surface area contributed by atoms with E-state index in [9.17, 15) is 13.2 Å². The van der Waals surface area contributed by atoms with E-state index in [1.165, 1.54) is 18.2 Å². The minimum atomic E-state index is -4.07. The highest BCUT2D eigenvalue weighted by Gasteiger charge is 2.22. The van der Waals surface area contributed by atoms with Crippen LogP contribution in [0, 0.1) is 0 Å². The van der Waals surface area contributed by atoms with Crippen LogP contribution in [-0.2, 0) is 10.0 Å². The molecule has 2 aromatic carbocycles. The molecule has 0 unspecified atom stereocenters. The molecule has 2 rings (SSSR count). The number of carbonyl (C=O) groups is 1. The van der Waals surface area contributed by atoms with Gasteiger partial charge in [0, 0.05) is 10.7 Å². The largest absolute Gasteiger partial charge is 0.478 e. The van der Waals surface area contributed by atoms with Crippen molar-refractivity contribution >= 4 is 39.0 Å². The Morgan fingerprint density at radius 3 is 2.52 bits per heavy atom. The molecule has 0 saturated heterocycles. The van der Waals surface area contributed by atoms with Gasteiger partial charge in [-0.3, -0.25) is 4.72 Å². The third-order valence-corrected chi connectivity index (χ3v) is 4.27. The summed E-state index contributed by atoms with van der Waals surface area (Å²) in [6.07, 6.45) is 0. The van der Waals surface area contributed by atoms with Gasteiger partial charge in [0.25, 0.3) is 10.0 Å². The summed E-state index contributed by atoms with van der Waals surface area (Å²) in [7, 11) is -4.07. The molecule has 4 N–H and O–H groups in total. The first-order chi connectivity index (χ1) is 9.79. The summed E-state index contributed by atoms with van der Waals surface area (Å²) in [6, 6.07) is 9.63. The van der Waals surface area contributed by atoms with Crippen LogP contribution in [-0.4, -0.2) is 19.5 Å². The van der Waals surface area contributed by atoms with E-state index < -0.39 is 21.6 Å². The topological polar surface area (TPSA) is 109 Å². The van der Waals surface area contributed by atoms with Gasteiger partial charge in [-0.05, 0) is 36.4 Å². The summed E-state index contributed by atoms with van der Waals surface area (Å²) < 4.78 is 26.9. The van der Waals surface area contributed by atoms with Crippen molar-refractivity contribution in [1.29, 1.82) is 0 Å². The highest BCUT2D eigenvalue weighted by molar-refractivity contribution is 7.92. The number of anilines is 2. The van der Waals surface area contributed by atoms with Crippen LogP contribution >= 0.6 is 11.6 Å². The Bertz CT molecular complexity index is 806. The van der Waals surface area contributed by atoms with Crippen LogP contribution in [0.15, 0.2) is 47.4 Å². The van der Waals surface area contributed by atoms with Gasteiger partial charge in [-0.1, -0.05) is 17.7 Å². The number of carboxylic acids is 1. The number of sulfonamides is 1. The first-order valence-electron chi connectivity index (χ1n) is 5.71. The maximum absolute atomic E-state index is 12.3. The third kappa shape index (κ3) is 3.45. The maximum Gasteiger partial charge on any atom is 0.337 e. The number of nitrogen functional groups attached to an aromatic ring is 1. The summed E-state index contributed by atoms with van der Waals surface area (Å²) in [6.45, 7) is 0.